The summed E-state index contributed by atoms with van der Waals surface area (Å²) in [5, 5.41) is 3.52. The molecule has 1 aliphatic heterocycles. The predicted octanol–water partition coefficient (Wildman–Crippen LogP) is 3.75. The zero-order valence-corrected chi connectivity index (χ0v) is 12.7. The fourth-order valence-electron chi connectivity index (χ4n) is 2.79. The Balaban J connectivity index is 2.13. The van der Waals surface area contributed by atoms with Crippen LogP contribution >= 0.6 is 11.6 Å². The molecule has 1 aliphatic rings. The van der Waals surface area contributed by atoms with Crippen molar-refractivity contribution in [2.24, 2.45) is 5.73 Å². The molecule has 0 radical (unpaired) electrons. The minimum absolute atomic E-state index is 0.00889. The van der Waals surface area contributed by atoms with Gasteiger partial charge in [0.2, 0.25) is 5.91 Å². The maximum Gasteiger partial charge on any atom is 0.231 e. The number of carbonyl (C=O) groups excluding carboxylic acids is 1. The van der Waals surface area contributed by atoms with Crippen molar-refractivity contribution < 1.29 is 4.79 Å². The van der Waals surface area contributed by atoms with Crippen LogP contribution in [0.25, 0.3) is 0 Å². The summed E-state index contributed by atoms with van der Waals surface area (Å²) >= 11 is 6.49. The maximum atomic E-state index is 11.9. The highest BCUT2D eigenvalue weighted by Gasteiger charge is 2.30. The Labute approximate surface area is 129 Å². The van der Waals surface area contributed by atoms with E-state index >= 15 is 0 Å². The van der Waals surface area contributed by atoms with Crippen molar-refractivity contribution in [3.8, 4) is 0 Å². The molecule has 2 aromatic rings. The molecular weight excluding hydrogens is 284 g/mol. The van der Waals surface area contributed by atoms with Crippen molar-refractivity contribution in [1.82, 2.24) is 0 Å². The number of halogens is 1. The van der Waals surface area contributed by atoms with E-state index in [2.05, 4.69) is 5.32 Å². The molecule has 108 valence electrons. The molecule has 0 bridgehead atoms. The number of nitrogens with one attached hydrogen (secondary N) is 1. The predicted molar refractivity (Wildman–Crippen MR) is 85.7 cm³/mol. The Bertz CT molecular complexity index is 712. The Kier molecular flexibility index (Phi) is 3.47. The van der Waals surface area contributed by atoms with Crippen LogP contribution in [-0.2, 0) is 4.79 Å². The summed E-state index contributed by atoms with van der Waals surface area (Å²) in [6, 6.07) is 11.5. The van der Waals surface area contributed by atoms with E-state index < -0.39 is 0 Å². The van der Waals surface area contributed by atoms with Gasteiger partial charge in [-0.2, -0.15) is 0 Å². The molecule has 4 heteroatoms. The summed E-state index contributed by atoms with van der Waals surface area (Å²) in [6.07, 6.45) is 0. The van der Waals surface area contributed by atoms with Gasteiger partial charge in [-0.05, 0) is 42.2 Å². The first-order chi connectivity index (χ1) is 10.0. The summed E-state index contributed by atoms with van der Waals surface area (Å²) in [7, 11) is 0. The number of nitrogens with two attached hydrogens (primary N) is 1. The van der Waals surface area contributed by atoms with Crippen LogP contribution in [0.2, 0.25) is 5.02 Å². The minimum atomic E-state index is -0.300. The first kappa shape index (κ1) is 14.1. The largest absolute Gasteiger partial charge is 0.325 e. The van der Waals surface area contributed by atoms with Gasteiger partial charge in [0, 0.05) is 5.69 Å². The van der Waals surface area contributed by atoms with Gasteiger partial charge in [0.1, 0.15) is 0 Å². The van der Waals surface area contributed by atoms with E-state index in [1.54, 1.807) is 0 Å². The van der Waals surface area contributed by atoms with Crippen LogP contribution in [0.15, 0.2) is 36.4 Å². The average Bonchev–Trinajstić information content (AvgIpc) is 2.79. The number of rotatable bonds is 2. The zero-order chi connectivity index (χ0) is 15.1. The first-order valence-electron chi connectivity index (χ1n) is 6.95. The summed E-state index contributed by atoms with van der Waals surface area (Å²) < 4.78 is 0. The van der Waals surface area contributed by atoms with E-state index in [4.69, 9.17) is 17.3 Å². The van der Waals surface area contributed by atoms with Crippen LogP contribution in [0, 0.1) is 6.92 Å². The van der Waals surface area contributed by atoms with Crippen molar-refractivity contribution in [2.45, 2.75) is 25.8 Å². The third kappa shape index (κ3) is 2.23. The molecule has 1 heterocycles. The van der Waals surface area contributed by atoms with Crippen LogP contribution in [0.5, 0.6) is 0 Å². The molecule has 2 aromatic carbocycles. The quantitative estimate of drug-likeness (QED) is 0.887. The summed E-state index contributed by atoms with van der Waals surface area (Å²) in [5.41, 5.74) is 10.9. The zero-order valence-electron chi connectivity index (χ0n) is 12.0. The van der Waals surface area contributed by atoms with E-state index in [1.165, 1.54) is 0 Å². The third-order valence-corrected chi connectivity index (χ3v) is 4.66. The maximum absolute atomic E-state index is 11.9. The third-order valence-electron chi connectivity index (χ3n) is 4.16. The molecule has 21 heavy (non-hydrogen) atoms. The van der Waals surface area contributed by atoms with Gasteiger partial charge in [-0.1, -0.05) is 41.9 Å². The highest BCUT2D eigenvalue weighted by Crippen LogP contribution is 2.42. The Hall–Kier alpha value is -1.84. The van der Waals surface area contributed by atoms with E-state index in [9.17, 15) is 4.79 Å². The van der Waals surface area contributed by atoms with Crippen molar-refractivity contribution >= 4 is 23.2 Å². The Morgan fingerprint density at radius 2 is 1.95 bits per heavy atom. The lowest BCUT2D eigenvalue weighted by Crippen LogP contribution is -2.13. The molecule has 2 atom stereocenters. The second kappa shape index (κ2) is 5.17. The van der Waals surface area contributed by atoms with Gasteiger partial charge in [0.05, 0.1) is 17.0 Å². The summed E-state index contributed by atoms with van der Waals surface area (Å²) in [6.45, 7) is 3.81. The molecule has 3 rings (SSSR count). The van der Waals surface area contributed by atoms with Gasteiger partial charge < -0.3 is 11.1 Å². The lowest BCUT2D eigenvalue weighted by atomic mass is 9.92. The van der Waals surface area contributed by atoms with E-state index in [0.29, 0.717) is 5.02 Å². The van der Waals surface area contributed by atoms with Crippen molar-refractivity contribution in [3.05, 3.63) is 63.7 Å². The van der Waals surface area contributed by atoms with Crippen LogP contribution in [0.4, 0.5) is 5.69 Å². The van der Waals surface area contributed by atoms with Gasteiger partial charge >= 0.3 is 0 Å². The van der Waals surface area contributed by atoms with Crippen LogP contribution in [0.3, 0.4) is 0 Å². The minimum Gasteiger partial charge on any atom is -0.325 e. The normalized spacial score (nSPS) is 18.3. The lowest BCUT2D eigenvalue weighted by molar-refractivity contribution is -0.116. The molecule has 0 spiro atoms. The van der Waals surface area contributed by atoms with E-state index in [0.717, 1.165) is 27.9 Å². The number of carbonyl (C=O) groups is 1. The first-order valence-corrected chi connectivity index (χ1v) is 7.32. The second-order valence-electron chi connectivity index (χ2n) is 5.47. The number of amides is 1. The van der Waals surface area contributed by atoms with Crippen molar-refractivity contribution in [2.75, 3.05) is 5.32 Å². The molecule has 0 saturated carbocycles. The molecule has 3 N–H and O–H groups in total. The Morgan fingerprint density at radius 1 is 1.29 bits per heavy atom. The van der Waals surface area contributed by atoms with E-state index in [-0.39, 0.29) is 17.9 Å². The van der Waals surface area contributed by atoms with Crippen molar-refractivity contribution in [3.63, 3.8) is 0 Å². The molecule has 0 fully saturated rings. The van der Waals surface area contributed by atoms with Crippen molar-refractivity contribution in [1.29, 1.82) is 0 Å². The summed E-state index contributed by atoms with van der Waals surface area (Å²) in [4.78, 5) is 11.9. The number of anilines is 1. The van der Waals surface area contributed by atoms with Gasteiger partial charge in [0.15, 0.2) is 0 Å². The molecule has 0 saturated heterocycles. The molecule has 2 unspecified atom stereocenters. The molecule has 3 nitrogen and oxygen atoms in total. The Morgan fingerprint density at radius 3 is 2.62 bits per heavy atom. The average molecular weight is 301 g/mol. The molecule has 1 amide bonds. The van der Waals surface area contributed by atoms with Gasteiger partial charge in [-0.3, -0.25) is 4.79 Å². The van der Waals surface area contributed by atoms with E-state index in [1.807, 2.05) is 50.2 Å². The van der Waals surface area contributed by atoms with Crippen LogP contribution < -0.4 is 11.1 Å². The fraction of sp³-hybridized carbons (Fsp3) is 0.235. The monoisotopic (exact) mass is 300 g/mol. The number of fused-ring (bicyclic) bond motifs is 1. The fourth-order valence-corrected chi connectivity index (χ4v) is 3.06. The number of hydrogen-bond acceptors (Lipinski definition) is 2. The molecule has 0 aliphatic carbocycles. The highest BCUT2D eigenvalue weighted by atomic mass is 35.5. The van der Waals surface area contributed by atoms with Gasteiger partial charge in [-0.25, -0.2) is 0 Å². The summed E-state index contributed by atoms with van der Waals surface area (Å²) in [5.74, 6) is -0.160. The van der Waals surface area contributed by atoms with Gasteiger partial charge in [-0.15, -0.1) is 0 Å². The smallest absolute Gasteiger partial charge is 0.231 e. The molecule has 0 aromatic heterocycles. The topological polar surface area (TPSA) is 55.1 Å². The van der Waals surface area contributed by atoms with Crippen LogP contribution in [0.1, 0.15) is 41.1 Å². The SMILES string of the molecule is Cc1c(Cl)c(C(N)c2ccccc2)cc2c1NC(=O)C2C. The molecular formula is C17H17ClN2O. The number of hydrogen-bond donors (Lipinski definition) is 2. The number of benzene rings is 2. The standard InChI is InChI=1S/C17H17ClN2O/c1-9-12-8-13(15(19)11-6-4-3-5-7-11)14(18)10(2)16(12)20-17(9)21/h3-9,15H,19H2,1-2H3,(H,20,21). The lowest BCUT2D eigenvalue weighted by Gasteiger charge is -2.18. The second-order valence-corrected chi connectivity index (χ2v) is 5.85. The van der Waals surface area contributed by atoms with Crippen LogP contribution in [-0.4, -0.2) is 5.91 Å². The van der Waals surface area contributed by atoms with Gasteiger partial charge in [0.25, 0.3) is 0 Å². The highest BCUT2D eigenvalue weighted by molar-refractivity contribution is 6.33.